The van der Waals surface area contributed by atoms with Gasteiger partial charge in [-0.15, -0.1) is 0 Å². The van der Waals surface area contributed by atoms with E-state index >= 15 is 0 Å². The molecule has 0 spiro atoms. The van der Waals surface area contributed by atoms with Crippen LogP contribution in [0.25, 0.3) is 0 Å². The van der Waals surface area contributed by atoms with Gasteiger partial charge in [0.1, 0.15) is 0 Å². The number of anilines is 1. The van der Waals surface area contributed by atoms with Crippen molar-refractivity contribution in [2.24, 2.45) is 0 Å². The number of para-hydroxylation sites is 1. The Morgan fingerprint density at radius 2 is 1.54 bits per heavy atom. The van der Waals surface area contributed by atoms with Crippen LogP contribution >= 0.6 is 0 Å². The number of carbonyl (C=O) groups excluding carboxylic acids is 1. The van der Waals surface area contributed by atoms with Crippen LogP contribution in [0.3, 0.4) is 0 Å². The Balaban J connectivity index is 1.78. The smallest absolute Gasteiger partial charge is 0.255 e. The first-order valence-electron chi connectivity index (χ1n) is 8.82. The number of hydrogen-bond donors (Lipinski definition) is 1. The van der Waals surface area contributed by atoms with Crippen LogP contribution in [0.4, 0.5) is 5.69 Å². The van der Waals surface area contributed by atoms with Gasteiger partial charge in [-0.05, 0) is 48.4 Å². The molecule has 26 heavy (non-hydrogen) atoms. The standard InChI is InChI=1S/C24H21NO/c1-2-8-19-14-17-22(18-15-19)24(26)25-23-12-7-6-11-21(23)16-13-20-9-4-3-5-10-20/h3-7,9-12,14-15,17-18H,2,8H2,1H3,(H,25,26). The number of aryl methyl sites for hydroxylation is 1. The first-order valence-corrected chi connectivity index (χ1v) is 8.82. The Morgan fingerprint density at radius 3 is 2.27 bits per heavy atom. The predicted molar refractivity (Wildman–Crippen MR) is 107 cm³/mol. The fraction of sp³-hybridized carbons (Fsp3) is 0.125. The maximum atomic E-state index is 12.6. The fourth-order valence-corrected chi connectivity index (χ4v) is 2.67. The van der Waals surface area contributed by atoms with Crippen molar-refractivity contribution >= 4 is 11.6 Å². The maximum Gasteiger partial charge on any atom is 0.255 e. The average molecular weight is 339 g/mol. The van der Waals surface area contributed by atoms with E-state index in [4.69, 9.17) is 0 Å². The number of rotatable bonds is 4. The highest BCUT2D eigenvalue weighted by Crippen LogP contribution is 2.16. The lowest BCUT2D eigenvalue weighted by Crippen LogP contribution is -2.12. The van der Waals surface area contributed by atoms with Gasteiger partial charge >= 0.3 is 0 Å². The fourth-order valence-electron chi connectivity index (χ4n) is 2.67. The molecule has 0 bridgehead atoms. The molecule has 0 aliphatic carbocycles. The second kappa shape index (κ2) is 8.69. The number of hydrogen-bond acceptors (Lipinski definition) is 1. The highest BCUT2D eigenvalue weighted by atomic mass is 16.1. The van der Waals surface area contributed by atoms with Crippen molar-refractivity contribution in [3.63, 3.8) is 0 Å². The predicted octanol–water partition coefficient (Wildman–Crippen LogP) is 5.29. The van der Waals surface area contributed by atoms with Crippen molar-refractivity contribution in [2.75, 3.05) is 5.32 Å². The largest absolute Gasteiger partial charge is 0.321 e. The monoisotopic (exact) mass is 339 g/mol. The average Bonchev–Trinajstić information content (AvgIpc) is 2.69. The third-order valence-corrected chi connectivity index (χ3v) is 4.05. The number of carbonyl (C=O) groups is 1. The van der Waals surface area contributed by atoms with E-state index in [1.54, 1.807) is 0 Å². The van der Waals surface area contributed by atoms with Crippen LogP contribution in [0.15, 0.2) is 78.9 Å². The molecule has 2 heteroatoms. The zero-order valence-electron chi connectivity index (χ0n) is 14.8. The Kier molecular flexibility index (Phi) is 5.85. The molecule has 3 aromatic rings. The van der Waals surface area contributed by atoms with E-state index < -0.39 is 0 Å². The summed E-state index contributed by atoms with van der Waals surface area (Å²) in [5.74, 6) is 6.16. The van der Waals surface area contributed by atoms with Crippen LogP contribution < -0.4 is 5.32 Å². The second-order valence-corrected chi connectivity index (χ2v) is 6.06. The molecule has 0 aromatic heterocycles. The SMILES string of the molecule is CCCc1ccc(C(=O)Nc2ccccc2C#Cc2ccccc2)cc1. The summed E-state index contributed by atoms with van der Waals surface area (Å²) in [4.78, 5) is 12.6. The van der Waals surface area contributed by atoms with Crippen LogP contribution in [0, 0.1) is 11.8 Å². The molecular weight excluding hydrogens is 318 g/mol. The van der Waals surface area contributed by atoms with Crippen molar-refractivity contribution in [3.8, 4) is 11.8 Å². The third-order valence-electron chi connectivity index (χ3n) is 4.05. The minimum Gasteiger partial charge on any atom is -0.321 e. The van der Waals surface area contributed by atoms with Crippen molar-refractivity contribution in [3.05, 3.63) is 101 Å². The lowest BCUT2D eigenvalue weighted by atomic mass is 10.1. The molecule has 3 aromatic carbocycles. The van der Waals surface area contributed by atoms with E-state index in [2.05, 4.69) is 24.1 Å². The number of nitrogens with one attached hydrogen (secondary N) is 1. The molecule has 0 atom stereocenters. The minimum absolute atomic E-state index is 0.123. The topological polar surface area (TPSA) is 29.1 Å². The van der Waals surface area contributed by atoms with E-state index in [1.165, 1.54) is 5.56 Å². The van der Waals surface area contributed by atoms with Crippen LogP contribution in [0.1, 0.15) is 40.4 Å². The molecule has 0 aliphatic heterocycles. The first kappa shape index (κ1) is 17.5. The van der Waals surface area contributed by atoms with E-state index in [9.17, 15) is 4.79 Å². The molecular formula is C24H21NO. The molecule has 0 saturated carbocycles. The van der Waals surface area contributed by atoms with Crippen LogP contribution in [0.5, 0.6) is 0 Å². The van der Waals surface area contributed by atoms with Crippen LogP contribution in [-0.2, 0) is 6.42 Å². The van der Waals surface area contributed by atoms with Crippen molar-refractivity contribution in [1.29, 1.82) is 0 Å². The molecule has 128 valence electrons. The Labute approximate surface area is 154 Å². The Hall–Kier alpha value is -3.31. The molecule has 0 fully saturated rings. The lowest BCUT2D eigenvalue weighted by Gasteiger charge is -2.08. The van der Waals surface area contributed by atoms with Crippen LogP contribution in [0.2, 0.25) is 0 Å². The van der Waals surface area contributed by atoms with Gasteiger partial charge in [0.2, 0.25) is 0 Å². The normalized spacial score (nSPS) is 9.88. The second-order valence-electron chi connectivity index (χ2n) is 6.06. The summed E-state index contributed by atoms with van der Waals surface area (Å²) in [6.45, 7) is 2.15. The highest BCUT2D eigenvalue weighted by molar-refractivity contribution is 6.04. The molecule has 0 radical (unpaired) electrons. The van der Waals surface area contributed by atoms with Gasteiger partial charge in [-0.2, -0.15) is 0 Å². The summed E-state index contributed by atoms with van der Waals surface area (Å²) < 4.78 is 0. The zero-order valence-corrected chi connectivity index (χ0v) is 14.8. The summed E-state index contributed by atoms with van der Waals surface area (Å²) >= 11 is 0. The lowest BCUT2D eigenvalue weighted by molar-refractivity contribution is 0.102. The van der Waals surface area contributed by atoms with Gasteiger partial charge in [-0.3, -0.25) is 4.79 Å². The molecule has 0 saturated heterocycles. The summed E-state index contributed by atoms with van der Waals surface area (Å²) in [5, 5.41) is 2.97. The molecule has 1 N–H and O–H groups in total. The van der Waals surface area contributed by atoms with Crippen molar-refractivity contribution in [2.45, 2.75) is 19.8 Å². The first-order chi connectivity index (χ1) is 12.8. The van der Waals surface area contributed by atoms with Gasteiger partial charge in [0.15, 0.2) is 0 Å². The molecule has 0 unspecified atom stereocenters. The molecule has 0 heterocycles. The minimum atomic E-state index is -0.123. The number of amides is 1. The molecule has 1 amide bonds. The quantitative estimate of drug-likeness (QED) is 0.643. The van der Waals surface area contributed by atoms with E-state index in [0.29, 0.717) is 5.56 Å². The van der Waals surface area contributed by atoms with Crippen molar-refractivity contribution < 1.29 is 4.79 Å². The Morgan fingerprint density at radius 1 is 0.846 bits per heavy atom. The third kappa shape index (κ3) is 4.62. The summed E-state index contributed by atoms with van der Waals surface area (Å²) in [6.07, 6.45) is 2.12. The summed E-state index contributed by atoms with van der Waals surface area (Å²) in [5.41, 5.74) is 4.36. The zero-order chi connectivity index (χ0) is 18.2. The van der Waals surface area contributed by atoms with E-state index in [1.807, 2.05) is 78.9 Å². The number of benzene rings is 3. The van der Waals surface area contributed by atoms with Gasteiger partial charge in [0, 0.05) is 16.7 Å². The van der Waals surface area contributed by atoms with Gasteiger partial charge in [-0.25, -0.2) is 0 Å². The maximum absolute atomic E-state index is 12.6. The highest BCUT2D eigenvalue weighted by Gasteiger charge is 2.08. The Bertz CT molecular complexity index is 931. The molecule has 2 nitrogen and oxygen atoms in total. The van der Waals surface area contributed by atoms with E-state index in [-0.39, 0.29) is 5.91 Å². The molecule has 3 rings (SSSR count). The van der Waals surface area contributed by atoms with Crippen LogP contribution in [-0.4, -0.2) is 5.91 Å². The summed E-state index contributed by atoms with van der Waals surface area (Å²) in [6, 6.07) is 25.2. The van der Waals surface area contributed by atoms with Crippen molar-refractivity contribution in [1.82, 2.24) is 0 Å². The molecule has 0 aliphatic rings. The van der Waals surface area contributed by atoms with Gasteiger partial charge in [0.25, 0.3) is 5.91 Å². The van der Waals surface area contributed by atoms with Gasteiger partial charge in [0.05, 0.1) is 5.69 Å². The van der Waals surface area contributed by atoms with E-state index in [0.717, 1.165) is 29.7 Å². The van der Waals surface area contributed by atoms with Gasteiger partial charge in [-0.1, -0.05) is 67.6 Å². The van der Waals surface area contributed by atoms with Gasteiger partial charge < -0.3 is 5.32 Å². The summed E-state index contributed by atoms with van der Waals surface area (Å²) in [7, 11) is 0.